The van der Waals surface area contributed by atoms with Crippen molar-refractivity contribution in [2.45, 2.75) is 32.6 Å². The third-order valence-corrected chi connectivity index (χ3v) is 3.45. The lowest BCUT2D eigenvalue weighted by atomic mass is 10.1. The Labute approximate surface area is 116 Å². The molecule has 0 bridgehead atoms. The molecule has 110 valence electrons. The Balaban J connectivity index is 2.25. The zero-order chi connectivity index (χ0) is 14.3. The van der Waals surface area contributed by atoms with Gasteiger partial charge in [0.1, 0.15) is 0 Å². The van der Waals surface area contributed by atoms with Crippen molar-refractivity contribution < 1.29 is 9.59 Å². The molecule has 0 aromatic carbocycles. The van der Waals surface area contributed by atoms with Crippen molar-refractivity contribution in [1.82, 2.24) is 15.1 Å². The number of hydrogen-bond acceptors (Lipinski definition) is 3. The third-order valence-electron chi connectivity index (χ3n) is 3.45. The van der Waals surface area contributed by atoms with Crippen LogP contribution in [0.5, 0.6) is 0 Å². The van der Waals surface area contributed by atoms with E-state index < -0.39 is 0 Å². The summed E-state index contributed by atoms with van der Waals surface area (Å²) in [6, 6.07) is 0. The molecule has 2 amide bonds. The van der Waals surface area contributed by atoms with Crippen molar-refractivity contribution in [3.63, 3.8) is 0 Å². The van der Waals surface area contributed by atoms with Gasteiger partial charge in [0, 0.05) is 26.1 Å². The Morgan fingerprint density at radius 1 is 1.42 bits per heavy atom. The number of carbonyl (C=O) groups excluding carboxylic acids is 2. The van der Waals surface area contributed by atoms with Crippen LogP contribution < -0.4 is 5.32 Å². The second-order valence-electron chi connectivity index (χ2n) is 5.54. The predicted octanol–water partition coefficient (Wildman–Crippen LogP) is 0.703. The fourth-order valence-electron chi connectivity index (χ4n) is 2.26. The monoisotopic (exact) mass is 269 g/mol. The Morgan fingerprint density at radius 3 is 2.79 bits per heavy atom. The van der Waals surface area contributed by atoms with E-state index in [1.54, 1.807) is 0 Å². The summed E-state index contributed by atoms with van der Waals surface area (Å²) in [7, 11) is 4.03. The van der Waals surface area contributed by atoms with E-state index >= 15 is 0 Å². The topological polar surface area (TPSA) is 52.7 Å². The average molecular weight is 269 g/mol. The highest BCUT2D eigenvalue weighted by Gasteiger charge is 2.33. The van der Waals surface area contributed by atoms with Crippen LogP contribution in [-0.4, -0.2) is 61.9 Å². The molecule has 0 spiro atoms. The van der Waals surface area contributed by atoms with Crippen LogP contribution in [0.15, 0.2) is 0 Å². The third kappa shape index (κ3) is 5.59. The summed E-state index contributed by atoms with van der Waals surface area (Å²) < 4.78 is 0. The molecular formula is C14H27N3O2. The second-order valence-corrected chi connectivity index (χ2v) is 5.54. The first-order chi connectivity index (χ1) is 9.04. The molecule has 0 aliphatic carbocycles. The summed E-state index contributed by atoms with van der Waals surface area (Å²) in [5.74, 6) is 0.0108. The number of amides is 2. The zero-order valence-electron chi connectivity index (χ0n) is 12.4. The van der Waals surface area contributed by atoms with Gasteiger partial charge in [0.05, 0.1) is 5.92 Å². The van der Waals surface area contributed by atoms with Gasteiger partial charge in [-0.2, -0.15) is 0 Å². The highest BCUT2D eigenvalue weighted by molar-refractivity contribution is 5.89. The van der Waals surface area contributed by atoms with E-state index in [0.717, 1.165) is 32.4 Å². The summed E-state index contributed by atoms with van der Waals surface area (Å²) in [4.78, 5) is 27.6. The molecule has 0 aromatic heterocycles. The number of hydrogen-bond donors (Lipinski definition) is 1. The van der Waals surface area contributed by atoms with Crippen molar-refractivity contribution in [1.29, 1.82) is 0 Å². The Bertz CT molecular complexity index is 305. The van der Waals surface area contributed by atoms with Crippen LogP contribution >= 0.6 is 0 Å². The number of nitrogens with one attached hydrogen (secondary N) is 1. The van der Waals surface area contributed by atoms with E-state index in [1.807, 2.05) is 19.0 Å². The summed E-state index contributed by atoms with van der Waals surface area (Å²) in [6.45, 7) is 5.15. The summed E-state index contributed by atoms with van der Waals surface area (Å²) >= 11 is 0. The molecule has 0 aromatic rings. The molecule has 1 fully saturated rings. The molecule has 19 heavy (non-hydrogen) atoms. The zero-order valence-corrected chi connectivity index (χ0v) is 12.4. The molecular weight excluding hydrogens is 242 g/mol. The first kappa shape index (κ1) is 16.0. The Kier molecular flexibility index (Phi) is 6.84. The maximum atomic E-state index is 12.0. The van der Waals surface area contributed by atoms with Crippen molar-refractivity contribution in [3.05, 3.63) is 0 Å². The minimum Gasteiger partial charge on any atom is -0.356 e. The number of nitrogens with zero attached hydrogens (tertiary/aromatic N) is 2. The second kappa shape index (κ2) is 8.15. The van der Waals surface area contributed by atoms with Crippen LogP contribution in [0.2, 0.25) is 0 Å². The largest absolute Gasteiger partial charge is 0.356 e. The molecule has 1 N–H and O–H groups in total. The lowest BCUT2D eigenvalue weighted by Crippen LogP contribution is -2.34. The van der Waals surface area contributed by atoms with Gasteiger partial charge in [0.25, 0.3) is 0 Å². The molecule has 0 unspecified atom stereocenters. The van der Waals surface area contributed by atoms with E-state index in [1.165, 1.54) is 0 Å². The predicted molar refractivity (Wildman–Crippen MR) is 75.8 cm³/mol. The SMILES string of the molecule is CCCCN1C[C@@H](C(=O)NCCCN(C)C)CC1=O. The molecule has 0 radical (unpaired) electrons. The normalized spacial score (nSPS) is 19.3. The molecule has 1 aliphatic rings. The highest BCUT2D eigenvalue weighted by atomic mass is 16.2. The van der Waals surface area contributed by atoms with Gasteiger partial charge >= 0.3 is 0 Å². The van der Waals surface area contributed by atoms with E-state index in [-0.39, 0.29) is 17.7 Å². The van der Waals surface area contributed by atoms with Crippen LogP contribution in [0.3, 0.4) is 0 Å². The van der Waals surface area contributed by atoms with Gasteiger partial charge < -0.3 is 15.1 Å². The summed E-state index contributed by atoms with van der Waals surface area (Å²) in [5.41, 5.74) is 0. The molecule has 1 atom stereocenters. The highest BCUT2D eigenvalue weighted by Crippen LogP contribution is 2.18. The maximum Gasteiger partial charge on any atom is 0.225 e. The van der Waals surface area contributed by atoms with Gasteiger partial charge in [-0.1, -0.05) is 13.3 Å². The van der Waals surface area contributed by atoms with Crippen LogP contribution in [0.25, 0.3) is 0 Å². The Morgan fingerprint density at radius 2 is 2.16 bits per heavy atom. The van der Waals surface area contributed by atoms with Crippen LogP contribution in [0, 0.1) is 5.92 Å². The van der Waals surface area contributed by atoms with Gasteiger partial charge in [0.15, 0.2) is 0 Å². The van der Waals surface area contributed by atoms with Crippen molar-refractivity contribution in [3.8, 4) is 0 Å². The first-order valence-corrected chi connectivity index (χ1v) is 7.24. The minimum atomic E-state index is -0.149. The van der Waals surface area contributed by atoms with Crippen LogP contribution in [0.4, 0.5) is 0 Å². The fourth-order valence-corrected chi connectivity index (χ4v) is 2.26. The van der Waals surface area contributed by atoms with E-state index in [4.69, 9.17) is 0 Å². The van der Waals surface area contributed by atoms with Gasteiger partial charge in [-0.05, 0) is 33.5 Å². The quantitative estimate of drug-likeness (QED) is 0.660. The van der Waals surface area contributed by atoms with Crippen LogP contribution in [0.1, 0.15) is 32.6 Å². The van der Waals surface area contributed by atoms with E-state index in [9.17, 15) is 9.59 Å². The standard InChI is InChI=1S/C14H27N3O2/c1-4-5-9-17-11-12(10-13(17)18)14(19)15-7-6-8-16(2)3/h12H,4-11H2,1-3H3,(H,15,19)/t12-/m0/s1. The molecule has 0 saturated carbocycles. The number of rotatable bonds is 8. The fraction of sp³-hybridized carbons (Fsp3) is 0.857. The van der Waals surface area contributed by atoms with Crippen molar-refractivity contribution in [2.75, 3.05) is 40.3 Å². The van der Waals surface area contributed by atoms with Gasteiger partial charge in [-0.3, -0.25) is 9.59 Å². The lowest BCUT2D eigenvalue weighted by Gasteiger charge is -2.16. The number of carbonyl (C=O) groups is 2. The molecule has 5 heteroatoms. The minimum absolute atomic E-state index is 0.0334. The average Bonchev–Trinajstić information content (AvgIpc) is 2.73. The Hall–Kier alpha value is -1.10. The lowest BCUT2D eigenvalue weighted by molar-refractivity contribution is -0.129. The van der Waals surface area contributed by atoms with Crippen molar-refractivity contribution >= 4 is 11.8 Å². The smallest absolute Gasteiger partial charge is 0.225 e. The maximum absolute atomic E-state index is 12.0. The number of likely N-dealkylation sites (tertiary alicyclic amines) is 1. The van der Waals surface area contributed by atoms with E-state index in [0.29, 0.717) is 19.5 Å². The molecule has 1 aliphatic heterocycles. The van der Waals surface area contributed by atoms with Gasteiger partial charge in [-0.25, -0.2) is 0 Å². The molecule has 1 heterocycles. The van der Waals surface area contributed by atoms with Gasteiger partial charge in [-0.15, -0.1) is 0 Å². The number of unbranched alkanes of at least 4 members (excludes halogenated alkanes) is 1. The van der Waals surface area contributed by atoms with Gasteiger partial charge in [0.2, 0.25) is 11.8 Å². The first-order valence-electron chi connectivity index (χ1n) is 7.24. The molecule has 1 rings (SSSR count). The van der Waals surface area contributed by atoms with E-state index in [2.05, 4.69) is 17.1 Å². The molecule has 5 nitrogen and oxygen atoms in total. The summed E-state index contributed by atoms with van der Waals surface area (Å²) in [5, 5.41) is 2.93. The van der Waals surface area contributed by atoms with Crippen molar-refractivity contribution in [2.24, 2.45) is 5.92 Å². The molecule has 1 saturated heterocycles. The van der Waals surface area contributed by atoms with Crippen LogP contribution in [-0.2, 0) is 9.59 Å². The summed E-state index contributed by atoms with van der Waals surface area (Å²) in [6.07, 6.45) is 3.41.